The van der Waals surface area contributed by atoms with E-state index in [0.29, 0.717) is 10.0 Å². The predicted molar refractivity (Wildman–Crippen MR) is 74.5 cm³/mol. The molecule has 1 heterocycles. The summed E-state index contributed by atoms with van der Waals surface area (Å²) in [4.78, 5) is 2.05. The van der Waals surface area contributed by atoms with Gasteiger partial charge in [-0.25, -0.2) is 8.78 Å². The third-order valence-corrected chi connectivity index (χ3v) is 3.71. The van der Waals surface area contributed by atoms with Gasteiger partial charge in [0.15, 0.2) is 0 Å². The van der Waals surface area contributed by atoms with Crippen molar-refractivity contribution in [1.82, 2.24) is 10.2 Å². The first-order valence-electron chi connectivity index (χ1n) is 5.68. The minimum atomic E-state index is -0.485. The summed E-state index contributed by atoms with van der Waals surface area (Å²) >= 11 is 3.10. The molecule has 0 aromatic heterocycles. The van der Waals surface area contributed by atoms with E-state index in [1.807, 2.05) is 0 Å². The first-order valence-corrected chi connectivity index (χ1v) is 6.47. The molecular weight excluding hydrogens is 325 g/mol. The Balaban J connectivity index is 0.00000162. The molecule has 0 bridgehead atoms. The van der Waals surface area contributed by atoms with Crippen molar-refractivity contribution in [3.63, 3.8) is 0 Å². The number of piperazine rings is 1. The predicted octanol–water partition coefficient (Wildman–Crippen LogP) is 2.93. The van der Waals surface area contributed by atoms with Gasteiger partial charge in [0.1, 0.15) is 12.5 Å². The summed E-state index contributed by atoms with van der Waals surface area (Å²) in [6, 6.07) is 4.49. The molecule has 1 aromatic rings. The van der Waals surface area contributed by atoms with Gasteiger partial charge in [0, 0.05) is 26.2 Å². The van der Waals surface area contributed by atoms with Crippen LogP contribution in [0.5, 0.6) is 0 Å². The standard InChI is InChI=1S/C12H15BrF2N2.ClH/c13-10-2-1-9(7-11(10)15)12(8-14)17-5-3-16-4-6-17;/h1-2,7,12,16H,3-6,8H2;1H/t12-;/m1./s1. The van der Waals surface area contributed by atoms with Crippen molar-refractivity contribution in [3.8, 4) is 0 Å². The second-order valence-electron chi connectivity index (χ2n) is 4.13. The van der Waals surface area contributed by atoms with Crippen molar-refractivity contribution in [2.45, 2.75) is 6.04 Å². The number of alkyl halides is 1. The molecular formula is C12H16BrClF2N2. The maximum atomic E-state index is 13.4. The zero-order chi connectivity index (χ0) is 12.3. The molecule has 1 aliphatic rings. The molecule has 1 N–H and O–H groups in total. The molecule has 0 unspecified atom stereocenters. The summed E-state index contributed by atoms with van der Waals surface area (Å²) in [6.07, 6.45) is 0. The lowest BCUT2D eigenvalue weighted by Crippen LogP contribution is -2.45. The Morgan fingerprint density at radius 3 is 2.56 bits per heavy atom. The molecule has 1 fully saturated rings. The van der Waals surface area contributed by atoms with Gasteiger partial charge in [-0.05, 0) is 33.6 Å². The fourth-order valence-electron chi connectivity index (χ4n) is 2.11. The van der Waals surface area contributed by atoms with Gasteiger partial charge in [0.05, 0.1) is 10.5 Å². The van der Waals surface area contributed by atoms with Gasteiger partial charge in [-0.15, -0.1) is 12.4 Å². The minimum Gasteiger partial charge on any atom is -0.314 e. The summed E-state index contributed by atoms with van der Waals surface area (Å²) in [7, 11) is 0. The van der Waals surface area contributed by atoms with Crippen molar-refractivity contribution in [3.05, 3.63) is 34.1 Å². The van der Waals surface area contributed by atoms with Crippen LogP contribution in [0.3, 0.4) is 0 Å². The third kappa shape index (κ3) is 3.63. The second-order valence-corrected chi connectivity index (χ2v) is 4.98. The van der Waals surface area contributed by atoms with E-state index in [-0.39, 0.29) is 24.3 Å². The molecule has 1 aromatic carbocycles. The molecule has 102 valence electrons. The van der Waals surface area contributed by atoms with Crippen LogP contribution in [-0.2, 0) is 0 Å². The van der Waals surface area contributed by atoms with E-state index in [0.717, 1.165) is 26.2 Å². The van der Waals surface area contributed by atoms with Crippen molar-refractivity contribution in [2.24, 2.45) is 0 Å². The van der Waals surface area contributed by atoms with Crippen molar-refractivity contribution >= 4 is 28.3 Å². The number of hydrogen-bond acceptors (Lipinski definition) is 2. The SMILES string of the molecule is Cl.FC[C@H](c1ccc(Br)c(F)c1)N1CCNCC1. The van der Waals surface area contributed by atoms with Gasteiger partial charge in [-0.2, -0.15) is 0 Å². The van der Waals surface area contributed by atoms with Crippen LogP contribution in [0.25, 0.3) is 0 Å². The van der Waals surface area contributed by atoms with Gasteiger partial charge < -0.3 is 5.32 Å². The molecule has 0 aliphatic carbocycles. The Bertz CT molecular complexity index is 386. The number of benzene rings is 1. The largest absolute Gasteiger partial charge is 0.314 e. The number of nitrogens with zero attached hydrogens (tertiary/aromatic N) is 1. The lowest BCUT2D eigenvalue weighted by molar-refractivity contribution is 0.147. The number of hydrogen-bond donors (Lipinski definition) is 1. The fourth-order valence-corrected chi connectivity index (χ4v) is 2.36. The zero-order valence-electron chi connectivity index (χ0n) is 9.83. The van der Waals surface area contributed by atoms with E-state index in [4.69, 9.17) is 0 Å². The normalized spacial score (nSPS) is 18.2. The van der Waals surface area contributed by atoms with Crippen LogP contribution in [0.15, 0.2) is 22.7 Å². The first kappa shape index (κ1) is 15.8. The van der Waals surface area contributed by atoms with E-state index in [1.54, 1.807) is 12.1 Å². The third-order valence-electron chi connectivity index (χ3n) is 3.07. The Morgan fingerprint density at radius 1 is 1.33 bits per heavy atom. The monoisotopic (exact) mass is 340 g/mol. The summed E-state index contributed by atoms with van der Waals surface area (Å²) in [5.74, 6) is -0.337. The van der Waals surface area contributed by atoms with Gasteiger partial charge in [-0.1, -0.05) is 6.07 Å². The van der Waals surface area contributed by atoms with E-state index >= 15 is 0 Å². The van der Waals surface area contributed by atoms with Crippen LogP contribution < -0.4 is 5.32 Å². The summed E-state index contributed by atoms with van der Waals surface area (Å²) in [5, 5.41) is 3.22. The molecule has 18 heavy (non-hydrogen) atoms. The summed E-state index contributed by atoms with van der Waals surface area (Å²) in [5.41, 5.74) is 0.704. The average molecular weight is 342 g/mol. The second kappa shape index (κ2) is 7.38. The van der Waals surface area contributed by atoms with Crippen molar-refractivity contribution in [1.29, 1.82) is 0 Å². The molecule has 1 saturated heterocycles. The minimum absolute atomic E-state index is 0. The highest BCUT2D eigenvalue weighted by Crippen LogP contribution is 2.25. The molecule has 0 spiro atoms. The fraction of sp³-hybridized carbons (Fsp3) is 0.500. The molecule has 2 rings (SSSR count). The first-order chi connectivity index (χ1) is 8.22. The van der Waals surface area contributed by atoms with Crippen LogP contribution in [-0.4, -0.2) is 37.8 Å². The zero-order valence-corrected chi connectivity index (χ0v) is 12.2. The molecule has 0 radical (unpaired) electrons. The Hall–Kier alpha value is -0.230. The highest BCUT2D eigenvalue weighted by molar-refractivity contribution is 9.10. The highest BCUT2D eigenvalue weighted by Gasteiger charge is 2.22. The lowest BCUT2D eigenvalue weighted by Gasteiger charge is -2.33. The maximum Gasteiger partial charge on any atom is 0.137 e. The van der Waals surface area contributed by atoms with Gasteiger partial charge in [0.2, 0.25) is 0 Å². The Kier molecular flexibility index (Phi) is 6.49. The number of rotatable bonds is 3. The highest BCUT2D eigenvalue weighted by atomic mass is 79.9. The molecule has 6 heteroatoms. The van der Waals surface area contributed by atoms with E-state index in [2.05, 4.69) is 26.1 Å². The topological polar surface area (TPSA) is 15.3 Å². The van der Waals surface area contributed by atoms with Crippen LogP contribution in [0.1, 0.15) is 11.6 Å². The smallest absolute Gasteiger partial charge is 0.137 e. The quantitative estimate of drug-likeness (QED) is 0.909. The Morgan fingerprint density at radius 2 is 2.00 bits per heavy atom. The number of nitrogens with one attached hydrogen (secondary N) is 1. The van der Waals surface area contributed by atoms with Crippen LogP contribution >= 0.6 is 28.3 Å². The van der Waals surface area contributed by atoms with Crippen molar-refractivity contribution < 1.29 is 8.78 Å². The van der Waals surface area contributed by atoms with E-state index < -0.39 is 6.67 Å². The lowest BCUT2D eigenvalue weighted by atomic mass is 10.1. The van der Waals surface area contributed by atoms with Crippen molar-refractivity contribution in [2.75, 3.05) is 32.9 Å². The van der Waals surface area contributed by atoms with E-state index in [9.17, 15) is 8.78 Å². The van der Waals surface area contributed by atoms with E-state index in [1.165, 1.54) is 6.07 Å². The molecule has 0 amide bonds. The van der Waals surface area contributed by atoms with Gasteiger partial charge >= 0.3 is 0 Å². The van der Waals surface area contributed by atoms with Gasteiger partial charge in [-0.3, -0.25) is 4.90 Å². The van der Waals surface area contributed by atoms with Crippen LogP contribution in [0.2, 0.25) is 0 Å². The Labute approximate surface area is 120 Å². The van der Waals surface area contributed by atoms with Gasteiger partial charge in [0.25, 0.3) is 0 Å². The van der Waals surface area contributed by atoms with Crippen LogP contribution in [0.4, 0.5) is 8.78 Å². The maximum absolute atomic E-state index is 13.4. The number of halogens is 4. The average Bonchev–Trinajstić information content (AvgIpc) is 2.36. The van der Waals surface area contributed by atoms with Crippen LogP contribution in [0, 0.1) is 5.82 Å². The summed E-state index contributed by atoms with van der Waals surface area (Å²) in [6.45, 7) is 2.82. The molecule has 0 saturated carbocycles. The molecule has 1 aliphatic heterocycles. The molecule has 1 atom stereocenters. The summed E-state index contributed by atoms with van der Waals surface area (Å²) < 4.78 is 27.0. The molecule has 2 nitrogen and oxygen atoms in total.